The average molecular weight is 372 g/mol. The van der Waals surface area contributed by atoms with E-state index in [0.717, 1.165) is 24.2 Å². The van der Waals surface area contributed by atoms with Crippen LogP contribution >= 0.6 is 11.3 Å². The Balaban J connectivity index is 1.70. The van der Waals surface area contributed by atoms with Crippen LogP contribution in [0.5, 0.6) is 0 Å². The van der Waals surface area contributed by atoms with Gasteiger partial charge in [0, 0.05) is 24.5 Å². The molecule has 0 spiro atoms. The Labute approximate surface area is 144 Å². The highest BCUT2D eigenvalue weighted by molar-refractivity contribution is 7.91. The number of thiophene rings is 1. The zero-order valence-electron chi connectivity index (χ0n) is 13.2. The van der Waals surface area contributed by atoms with Crippen LogP contribution in [0, 0.1) is 0 Å². The standard InChI is InChI=1S/C15H20N2O5S2/c18-13(17-9-3-4-12(17)15(19)20)10-11-5-6-14(23-11)24(21,22)16-7-1-2-8-16/h5-6,12H,1-4,7-10H2,(H,19,20)/t12-/m0/s1. The predicted molar refractivity (Wildman–Crippen MR) is 88.4 cm³/mol. The van der Waals surface area contributed by atoms with Crippen molar-refractivity contribution in [3.8, 4) is 0 Å². The van der Waals surface area contributed by atoms with Crippen molar-refractivity contribution in [1.82, 2.24) is 9.21 Å². The minimum atomic E-state index is -3.46. The van der Waals surface area contributed by atoms with E-state index in [1.807, 2.05) is 0 Å². The van der Waals surface area contributed by atoms with Crippen molar-refractivity contribution in [2.45, 2.75) is 42.4 Å². The number of rotatable bonds is 5. The summed E-state index contributed by atoms with van der Waals surface area (Å²) in [5, 5.41) is 9.15. The highest BCUT2D eigenvalue weighted by Gasteiger charge is 2.34. The first-order valence-electron chi connectivity index (χ1n) is 8.01. The summed E-state index contributed by atoms with van der Waals surface area (Å²) in [6, 6.07) is 2.43. The van der Waals surface area contributed by atoms with Gasteiger partial charge >= 0.3 is 5.97 Å². The Morgan fingerprint density at radius 1 is 1.17 bits per heavy atom. The van der Waals surface area contributed by atoms with Crippen molar-refractivity contribution in [3.05, 3.63) is 17.0 Å². The molecule has 2 fully saturated rings. The number of hydrogen-bond donors (Lipinski definition) is 1. The van der Waals surface area contributed by atoms with E-state index in [9.17, 15) is 18.0 Å². The van der Waals surface area contributed by atoms with Crippen molar-refractivity contribution in [2.75, 3.05) is 19.6 Å². The lowest BCUT2D eigenvalue weighted by Crippen LogP contribution is -2.41. The van der Waals surface area contributed by atoms with Crippen LogP contribution in [0.2, 0.25) is 0 Å². The van der Waals surface area contributed by atoms with Gasteiger partial charge in [-0.2, -0.15) is 4.31 Å². The molecule has 24 heavy (non-hydrogen) atoms. The summed E-state index contributed by atoms with van der Waals surface area (Å²) >= 11 is 1.10. The molecular formula is C15H20N2O5S2. The van der Waals surface area contributed by atoms with Crippen LogP contribution in [0.25, 0.3) is 0 Å². The zero-order chi connectivity index (χ0) is 17.3. The molecule has 0 bridgehead atoms. The van der Waals surface area contributed by atoms with Gasteiger partial charge in [0.25, 0.3) is 10.0 Å². The van der Waals surface area contributed by atoms with Gasteiger partial charge in [-0.25, -0.2) is 13.2 Å². The molecule has 2 saturated heterocycles. The predicted octanol–water partition coefficient (Wildman–Crippen LogP) is 1.15. The van der Waals surface area contributed by atoms with E-state index < -0.39 is 22.0 Å². The number of aliphatic carboxylic acids is 1. The summed E-state index contributed by atoms with van der Waals surface area (Å²) in [5.74, 6) is -1.24. The smallest absolute Gasteiger partial charge is 0.326 e. The first kappa shape index (κ1) is 17.4. The Morgan fingerprint density at radius 3 is 2.54 bits per heavy atom. The summed E-state index contributed by atoms with van der Waals surface area (Å²) in [5.41, 5.74) is 0. The molecule has 1 aromatic rings. The number of hydrogen-bond acceptors (Lipinski definition) is 5. The van der Waals surface area contributed by atoms with Gasteiger partial charge in [0.05, 0.1) is 6.42 Å². The van der Waals surface area contributed by atoms with Crippen molar-refractivity contribution < 1.29 is 23.1 Å². The highest BCUT2D eigenvalue weighted by Crippen LogP contribution is 2.28. The molecule has 132 valence electrons. The third kappa shape index (κ3) is 3.33. The second-order valence-electron chi connectivity index (χ2n) is 6.09. The maximum absolute atomic E-state index is 12.5. The second-order valence-corrected chi connectivity index (χ2v) is 9.43. The lowest BCUT2D eigenvalue weighted by Gasteiger charge is -2.21. The maximum atomic E-state index is 12.5. The lowest BCUT2D eigenvalue weighted by molar-refractivity contribution is -0.147. The topological polar surface area (TPSA) is 95.0 Å². The van der Waals surface area contributed by atoms with Gasteiger partial charge in [0.1, 0.15) is 10.3 Å². The fourth-order valence-electron chi connectivity index (χ4n) is 3.22. The van der Waals surface area contributed by atoms with E-state index >= 15 is 0 Å². The largest absolute Gasteiger partial charge is 0.480 e. The van der Waals surface area contributed by atoms with E-state index in [4.69, 9.17) is 5.11 Å². The van der Waals surface area contributed by atoms with Crippen LogP contribution < -0.4 is 0 Å². The number of sulfonamides is 1. The van der Waals surface area contributed by atoms with Crippen LogP contribution in [0.4, 0.5) is 0 Å². The monoisotopic (exact) mass is 372 g/mol. The number of likely N-dealkylation sites (tertiary alicyclic amines) is 1. The molecule has 1 atom stereocenters. The molecule has 0 radical (unpaired) electrons. The molecular weight excluding hydrogens is 352 g/mol. The fraction of sp³-hybridized carbons (Fsp3) is 0.600. The van der Waals surface area contributed by atoms with Gasteiger partial charge in [-0.1, -0.05) is 0 Å². The van der Waals surface area contributed by atoms with Gasteiger partial charge in [-0.3, -0.25) is 4.79 Å². The number of carboxylic acid groups (broad SMARTS) is 1. The van der Waals surface area contributed by atoms with Gasteiger partial charge < -0.3 is 10.0 Å². The number of carbonyl (C=O) groups is 2. The Morgan fingerprint density at radius 2 is 1.88 bits per heavy atom. The van der Waals surface area contributed by atoms with Crippen molar-refractivity contribution in [1.29, 1.82) is 0 Å². The third-order valence-corrected chi connectivity index (χ3v) is 7.93. The minimum Gasteiger partial charge on any atom is -0.480 e. The summed E-state index contributed by atoms with van der Waals surface area (Å²) < 4.78 is 26.7. The molecule has 1 amide bonds. The SMILES string of the molecule is O=C(O)[C@@H]1CCCN1C(=O)Cc1ccc(S(=O)(=O)N2CCCC2)s1. The van der Waals surface area contributed by atoms with Crippen LogP contribution in [-0.2, 0) is 26.0 Å². The summed E-state index contributed by atoms with van der Waals surface area (Å²) in [6.45, 7) is 1.53. The maximum Gasteiger partial charge on any atom is 0.326 e. The van der Waals surface area contributed by atoms with E-state index in [2.05, 4.69) is 0 Å². The summed E-state index contributed by atoms with van der Waals surface area (Å²) in [7, 11) is -3.46. The molecule has 0 unspecified atom stereocenters. The molecule has 2 aliphatic rings. The number of nitrogens with zero attached hydrogens (tertiary/aromatic N) is 2. The lowest BCUT2D eigenvalue weighted by atomic mass is 10.2. The van der Waals surface area contributed by atoms with Crippen molar-refractivity contribution in [3.63, 3.8) is 0 Å². The average Bonchev–Trinajstić information content (AvgIpc) is 3.27. The molecule has 0 aromatic carbocycles. The van der Waals surface area contributed by atoms with Crippen LogP contribution in [-0.4, -0.2) is 60.3 Å². The quantitative estimate of drug-likeness (QED) is 0.837. The molecule has 1 N–H and O–H groups in total. The zero-order valence-corrected chi connectivity index (χ0v) is 14.8. The fourth-order valence-corrected chi connectivity index (χ4v) is 6.24. The first-order chi connectivity index (χ1) is 11.4. The number of carbonyl (C=O) groups excluding carboxylic acids is 1. The highest BCUT2D eigenvalue weighted by atomic mass is 32.2. The van der Waals surface area contributed by atoms with Crippen LogP contribution in [0.15, 0.2) is 16.3 Å². The molecule has 0 aliphatic carbocycles. The van der Waals surface area contributed by atoms with Crippen LogP contribution in [0.3, 0.4) is 0 Å². The number of carboxylic acids is 1. The first-order valence-corrected chi connectivity index (χ1v) is 10.3. The van der Waals surface area contributed by atoms with E-state index in [1.165, 1.54) is 9.21 Å². The molecule has 0 saturated carbocycles. The Bertz CT molecular complexity index is 737. The van der Waals surface area contributed by atoms with E-state index in [1.54, 1.807) is 12.1 Å². The Hall–Kier alpha value is -1.45. The van der Waals surface area contributed by atoms with Gasteiger partial charge in [-0.15, -0.1) is 11.3 Å². The molecule has 3 heterocycles. The molecule has 7 nitrogen and oxygen atoms in total. The molecule has 1 aromatic heterocycles. The second kappa shape index (κ2) is 6.81. The van der Waals surface area contributed by atoms with Gasteiger partial charge in [0.2, 0.25) is 5.91 Å². The Kier molecular flexibility index (Phi) is 4.93. The van der Waals surface area contributed by atoms with Crippen LogP contribution in [0.1, 0.15) is 30.6 Å². The van der Waals surface area contributed by atoms with Crippen molar-refractivity contribution in [2.24, 2.45) is 0 Å². The summed E-state index contributed by atoms with van der Waals surface area (Å²) in [6.07, 6.45) is 2.95. The molecule has 3 rings (SSSR count). The van der Waals surface area contributed by atoms with Gasteiger partial charge in [-0.05, 0) is 37.8 Å². The van der Waals surface area contributed by atoms with E-state index in [-0.39, 0.29) is 16.5 Å². The van der Waals surface area contributed by atoms with Gasteiger partial charge in [0.15, 0.2) is 0 Å². The van der Waals surface area contributed by atoms with E-state index in [0.29, 0.717) is 37.4 Å². The molecule has 9 heteroatoms. The summed E-state index contributed by atoms with van der Waals surface area (Å²) in [4.78, 5) is 25.6. The number of amides is 1. The third-order valence-electron chi connectivity index (χ3n) is 4.48. The van der Waals surface area contributed by atoms with Crippen molar-refractivity contribution >= 4 is 33.2 Å². The normalized spacial score (nSPS) is 22.2. The minimum absolute atomic E-state index is 0.0456. The molecule has 2 aliphatic heterocycles.